The Labute approximate surface area is 123 Å². The lowest BCUT2D eigenvalue weighted by Gasteiger charge is -2.30. The van der Waals surface area contributed by atoms with Gasteiger partial charge >= 0.3 is 0 Å². The SMILES string of the molecule is CCCN(CC1CCCN1)C(C)C(=O)NCCCOC. The average Bonchev–Trinajstić information content (AvgIpc) is 2.95. The number of rotatable bonds is 10. The molecule has 0 radical (unpaired) electrons. The van der Waals surface area contributed by atoms with Gasteiger partial charge in [0, 0.05) is 32.8 Å². The Hall–Kier alpha value is -0.650. The fourth-order valence-electron chi connectivity index (χ4n) is 2.67. The molecule has 1 fully saturated rings. The van der Waals surface area contributed by atoms with Gasteiger partial charge in [-0.15, -0.1) is 0 Å². The number of hydrogen-bond acceptors (Lipinski definition) is 4. The number of nitrogens with zero attached hydrogens (tertiary/aromatic N) is 1. The van der Waals surface area contributed by atoms with Crippen LogP contribution >= 0.6 is 0 Å². The van der Waals surface area contributed by atoms with E-state index >= 15 is 0 Å². The van der Waals surface area contributed by atoms with E-state index in [0.29, 0.717) is 19.2 Å². The van der Waals surface area contributed by atoms with E-state index in [0.717, 1.165) is 32.5 Å². The molecule has 0 spiro atoms. The van der Waals surface area contributed by atoms with Crippen molar-refractivity contribution in [1.82, 2.24) is 15.5 Å². The fourth-order valence-corrected chi connectivity index (χ4v) is 2.67. The molecule has 1 saturated heterocycles. The molecule has 1 aliphatic heterocycles. The minimum Gasteiger partial charge on any atom is -0.385 e. The highest BCUT2D eigenvalue weighted by atomic mass is 16.5. The average molecular weight is 285 g/mol. The Morgan fingerprint density at radius 2 is 2.35 bits per heavy atom. The quantitative estimate of drug-likeness (QED) is 0.588. The van der Waals surface area contributed by atoms with E-state index in [-0.39, 0.29) is 11.9 Å². The Kier molecular flexibility index (Phi) is 8.82. The zero-order valence-electron chi connectivity index (χ0n) is 13.3. The standard InChI is InChI=1S/C15H31N3O2/c1-4-10-18(12-14-7-5-8-16-14)13(2)15(19)17-9-6-11-20-3/h13-14,16H,4-12H2,1-3H3,(H,17,19). The summed E-state index contributed by atoms with van der Waals surface area (Å²) in [6.07, 6.45) is 4.42. The first-order valence-corrected chi connectivity index (χ1v) is 7.93. The summed E-state index contributed by atoms with van der Waals surface area (Å²) in [5.74, 6) is 0.132. The van der Waals surface area contributed by atoms with Gasteiger partial charge in [-0.2, -0.15) is 0 Å². The molecule has 1 rings (SSSR count). The van der Waals surface area contributed by atoms with Crippen molar-refractivity contribution < 1.29 is 9.53 Å². The van der Waals surface area contributed by atoms with Crippen molar-refractivity contribution in [2.45, 2.75) is 51.6 Å². The minimum absolute atomic E-state index is 0.0557. The molecule has 1 heterocycles. The van der Waals surface area contributed by atoms with Gasteiger partial charge in [-0.05, 0) is 45.7 Å². The van der Waals surface area contributed by atoms with Crippen LogP contribution in [-0.4, -0.2) is 62.8 Å². The van der Waals surface area contributed by atoms with Gasteiger partial charge in [-0.1, -0.05) is 6.92 Å². The van der Waals surface area contributed by atoms with Gasteiger partial charge in [-0.25, -0.2) is 0 Å². The molecule has 0 aromatic rings. The topological polar surface area (TPSA) is 53.6 Å². The predicted octanol–water partition coefficient (Wildman–Crippen LogP) is 0.992. The van der Waals surface area contributed by atoms with Gasteiger partial charge in [0.1, 0.15) is 0 Å². The van der Waals surface area contributed by atoms with E-state index in [1.54, 1.807) is 7.11 Å². The third-order valence-corrected chi connectivity index (χ3v) is 3.88. The number of nitrogens with one attached hydrogen (secondary N) is 2. The number of methoxy groups -OCH3 is 1. The molecule has 2 unspecified atom stereocenters. The molecule has 118 valence electrons. The first-order valence-electron chi connectivity index (χ1n) is 7.93. The van der Waals surface area contributed by atoms with E-state index in [2.05, 4.69) is 22.5 Å². The molecule has 1 amide bonds. The summed E-state index contributed by atoms with van der Waals surface area (Å²) in [6.45, 7) is 8.63. The van der Waals surface area contributed by atoms with E-state index in [1.807, 2.05) is 6.92 Å². The molecule has 2 atom stereocenters. The molecule has 0 saturated carbocycles. The molecule has 0 bridgehead atoms. The second-order valence-corrected chi connectivity index (χ2v) is 5.60. The van der Waals surface area contributed by atoms with E-state index in [4.69, 9.17) is 4.74 Å². The van der Waals surface area contributed by atoms with Crippen LogP contribution in [0.4, 0.5) is 0 Å². The van der Waals surface area contributed by atoms with Crippen LogP contribution in [0.3, 0.4) is 0 Å². The van der Waals surface area contributed by atoms with Crippen LogP contribution in [-0.2, 0) is 9.53 Å². The van der Waals surface area contributed by atoms with Crippen molar-refractivity contribution in [3.63, 3.8) is 0 Å². The van der Waals surface area contributed by atoms with Gasteiger partial charge in [0.25, 0.3) is 0 Å². The summed E-state index contributed by atoms with van der Waals surface area (Å²) in [5.41, 5.74) is 0. The summed E-state index contributed by atoms with van der Waals surface area (Å²) < 4.78 is 4.99. The predicted molar refractivity (Wildman–Crippen MR) is 81.9 cm³/mol. The molecule has 0 aromatic heterocycles. The second kappa shape index (κ2) is 10.1. The maximum Gasteiger partial charge on any atom is 0.237 e. The summed E-state index contributed by atoms with van der Waals surface area (Å²) in [4.78, 5) is 14.5. The van der Waals surface area contributed by atoms with Crippen LogP contribution in [0.2, 0.25) is 0 Å². The van der Waals surface area contributed by atoms with Crippen LogP contribution in [0, 0.1) is 0 Å². The molecule has 20 heavy (non-hydrogen) atoms. The minimum atomic E-state index is -0.0557. The van der Waals surface area contributed by atoms with Crippen LogP contribution in [0.5, 0.6) is 0 Å². The van der Waals surface area contributed by atoms with Crippen LogP contribution < -0.4 is 10.6 Å². The van der Waals surface area contributed by atoms with Crippen LogP contribution in [0.15, 0.2) is 0 Å². The largest absolute Gasteiger partial charge is 0.385 e. The van der Waals surface area contributed by atoms with Gasteiger partial charge in [-0.3, -0.25) is 9.69 Å². The fraction of sp³-hybridized carbons (Fsp3) is 0.933. The van der Waals surface area contributed by atoms with Gasteiger partial charge in [0.15, 0.2) is 0 Å². The number of carbonyl (C=O) groups excluding carboxylic acids is 1. The third-order valence-electron chi connectivity index (χ3n) is 3.88. The lowest BCUT2D eigenvalue weighted by Crippen LogP contribution is -2.49. The van der Waals surface area contributed by atoms with Gasteiger partial charge < -0.3 is 15.4 Å². The van der Waals surface area contributed by atoms with Crippen LogP contribution in [0.1, 0.15) is 39.5 Å². The smallest absolute Gasteiger partial charge is 0.237 e. The lowest BCUT2D eigenvalue weighted by molar-refractivity contribution is -0.126. The highest BCUT2D eigenvalue weighted by Gasteiger charge is 2.24. The van der Waals surface area contributed by atoms with Crippen molar-refractivity contribution in [3.05, 3.63) is 0 Å². The molecule has 1 aliphatic rings. The van der Waals surface area contributed by atoms with Gasteiger partial charge in [0.2, 0.25) is 5.91 Å². The summed E-state index contributed by atoms with van der Waals surface area (Å²) in [7, 11) is 1.68. The van der Waals surface area contributed by atoms with E-state index in [1.165, 1.54) is 12.8 Å². The maximum atomic E-state index is 12.2. The molecule has 2 N–H and O–H groups in total. The number of hydrogen-bond donors (Lipinski definition) is 2. The second-order valence-electron chi connectivity index (χ2n) is 5.60. The first-order chi connectivity index (χ1) is 9.69. The normalized spacial score (nSPS) is 20.3. The van der Waals surface area contributed by atoms with Crippen molar-refractivity contribution >= 4 is 5.91 Å². The third kappa shape index (κ3) is 6.20. The Bertz CT molecular complexity index is 268. The van der Waals surface area contributed by atoms with Crippen molar-refractivity contribution in [2.24, 2.45) is 0 Å². The molecular weight excluding hydrogens is 254 g/mol. The molecule has 0 aliphatic carbocycles. The monoisotopic (exact) mass is 285 g/mol. The number of carbonyl (C=O) groups is 1. The zero-order chi connectivity index (χ0) is 14.8. The highest BCUT2D eigenvalue weighted by Crippen LogP contribution is 2.10. The van der Waals surface area contributed by atoms with E-state index in [9.17, 15) is 4.79 Å². The Morgan fingerprint density at radius 1 is 1.55 bits per heavy atom. The number of amides is 1. The van der Waals surface area contributed by atoms with Crippen molar-refractivity contribution in [3.8, 4) is 0 Å². The lowest BCUT2D eigenvalue weighted by atomic mass is 10.1. The van der Waals surface area contributed by atoms with E-state index < -0.39 is 0 Å². The molecule has 0 aromatic carbocycles. The Balaban J connectivity index is 2.36. The molecule has 5 heteroatoms. The highest BCUT2D eigenvalue weighted by molar-refractivity contribution is 5.81. The maximum absolute atomic E-state index is 12.2. The van der Waals surface area contributed by atoms with Crippen molar-refractivity contribution in [1.29, 1.82) is 0 Å². The summed E-state index contributed by atoms with van der Waals surface area (Å²) in [6, 6.07) is 0.491. The molecular formula is C15H31N3O2. The molecule has 5 nitrogen and oxygen atoms in total. The first kappa shape index (κ1) is 17.4. The van der Waals surface area contributed by atoms with Gasteiger partial charge in [0.05, 0.1) is 6.04 Å². The summed E-state index contributed by atoms with van der Waals surface area (Å²) >= 11 is 0. The zero-order valence-corrected chi connectivity index (χ0v) is 13.3. The summed E-state index contributed by atoms with van der Waals surface area (Å²) in [5, 5.41) is 6.51. The van der Waals surface area contributed by atoms with Crippen molar-refractivity contribution in [2.75, 3.05) is 39.9 Å². The number of ether oxygens (including phenoxy) is 1. The van der Waals surface area contributed by atoms with Crippen LogP contribution in [0.25, 0.3) is 0 Å². The Morgan fingerprint density at radius 3 is 2.95 bits per heavy atom.